The number of carbonyl (C=O) groups is 1. The van der Waals surface area contributed by atoms with Crippen LogP contribution in [0.4, 0.5) is 4.39 Å². The van der Waals surface area contributed by atoms with Crippen LogP contribution >= 0.6 is 35.3 Å². The van der Waals surface area contributed by atoms with Crippen LogP contribution in [0.2, 0.25) is 0 Å². The number of morpholine rings is 1. The third-order valence-corrected chi connectivity index (χ3v) is 6.82. The van der Waals surface area contributed by atoms with Crippen molar-refractivity contribution in [3.8, 4) is 0 Å². The largest absolute Gasteiger partial charge is 0.367 e. The van der Waals surface area contributed by atoms with Gasteiger partial charge in [-0.25, -0.2) is 4.39 Å². The third-order valence-electron chi connectivity index (χ3n) is 5.80. The molecule has 6 nitrogen and oxygen atoms in total. The average molecular weight is 572 g/mol. The van der Waals surface area contributed by atoms with Gasteiger partial charge in [0.1, 0.15) is 11.9 Å². The molecule has 9 heteroatoms. The topological polar surface area (TPSA) is 57.2 Å². The molecular formula is C23H30FIN4O2S. The molecule has 3 heterocycles. The summed E-state index contributed by atoms with van der Waals surface area (Å²) in [6, 6.07) is 8.57. The predicted molar refractivity (Wildman–Crippen MR) is 136 cm³/mol. The first-order chi connectivity index (χ1) is 15.0. The lowest BCUT2D eigenvalue weighted by Crippen LogP contribution is -2.51. The number of hydrogen-bond donors (Lipinski definition) is 1. The van der Waals surface area contributed by atoms with Gasteiger partial charge in [-0.1, -0.05) is 12.1 Å². The van der Waals surface area contributed by atoms with E-state index in [2.05, 4.69) is 26.7 Å². The van der Waals surface area contributed by atoms with E-state index < -0.39 is 0 Å². The summed E-state index contributed by atoms with van der Waals surface area (Å²) >= 11 is 1.78. The molecule has 1 saturated heterocycles. The van der Waals surface area contributed by atoms with Gasteiger partial charge in [-0.05, 0) is 48.1 Å². The summed E-state index contributed by atoms with van der Waals surface area (Å²) in [7, 11) is 1.75. The summed E-state index contributed by atoms with van der Waals surface area (Å²) in [4.78, 5) is 22.6. The molecule has 32 heavy (non-hydrogen) atoms. The van der Waals surface area contributed by atoms with Gasteiger partial charge >= 0.3 is 0 Å². The molecule has 1 aromatic carbocycles. The van der Waals surface area contributed by atoms with E-state index in [4.69, 9.17) is 4.74 Å². The molecule has 174 valence electrons. The van der Waals surface area contributed by atoms with Crippen molar-refractivity contribution in [2.45, 2.75) is 38.5 Å². The van der Waals surface area contributed by atoms with Crippen LogP contribution in [0.25, 0.3) is 0 Å². The minimum Gasteiger partial charge on any atom is -0.367 e. The van der Waals surface area contributed by atoms with E-state index in [9.17, 15) is 9.18 Å². The number of nitrogens with zero attached hydrogens (tertiary/aromatic N) is 3. The number of benzene rings is 1. The first kappa shape index (κ1) is 24.9. The number of hydrogen-bond acceptors (Lipinski definition) is 4. The van der Waals surface area contributed by atoms with Crippen LogP contribution in [0.15, 0.2) is 40.7 Å². The molecule has 2 aliphatic heterocycles. The Morgan fingerprint density at radius 2 is 2.03 bits per heavy atom. The summed E-state index contributed by atoms with van der Waals surface area (Å²) < 4.78 is 19.3. The summed E-state index contributed by atoms with van der Waals surface area (Å²) in [6.07, 6.45) is 1.24. The van der Waals surface area contributed by atoms with E-state index in [1.807, 2.05) is 11.8 Å². The zero-order valence-corrected chi connectivity index (χ0v) is 21.6. The molecule has 2 atom stereocenters. The minimum atomic E-state index is -0.254. The molecule has 0 aliphatic carbocycles. The SMILES string of the molecule is CN=C(NCCC(=O)N1CCc2sccc2C1)N1CC(C)OC(c2ccc(F)cc2)C1.I. The smallest absolute Gasteiger partial charge is 0.224 e. The molecule has 2 unspecified atom stereocenters. The molecule has 0 spiro atoms. The lowest BCUT2D eigenvalue weighted by Gasteiger charge is -2.38. The van der Waals surface area contributed by atoms with E-state index in [0.29, 0.717) is 32.6 Å². The molecule has 1 N–H and O–H groups in total. The fourth-order valence-corrected chi connectivity index (χ4v) is 5.11. The van der Waals surface area contributed by atoms with Crippen LogP contribution in [0.5, 0.6) is 0 Å². The van der Waals surface area contributed by atoms with Gasteiger partial charge in [-0.3, -0.25) is 9.79 Å². The Bertz CT molecular complexity index is 936. The number of rotatable bonds is 4. The number of thiophene rings is 1. The van der Waals surface area contributed by atoms with E-state index in [1.165, 1.54) is 22.6 Å². The zero-order chi connectivity index (χ0) is 21.8. The van der Waals surface area contributed by atoms with Crippen molar-refractivity contribution >= 4 is 47.2 Å². The average Bonchev–Trinajstić information content (AvgIpc) is 3.24. The zero-order valence-electron chi connectivity index (χ0n) is 18.4. The van der Waals surface area contributed by atoms with Gasteiger partial charge in [0, 0.05) is 44.5 Å². The fraction of sp³-hybridized carbons (Fsp3) is 0.478. The Hall–Kier alpha value is -1.72. The molecule has 0 bridgehead atoms. The van der Waals surface area contributed by atoms with Crippen LogP contribution in [-0.2, 0) is 22.5 Å². The number of aliphatic imine (C=N–C) groups is 1. The molecule has 2 aliphatic rings. The van der Waals surface area contributed by atoms with Gasteiger partial charge in [0.25, 0.3) is 0 Å². The van der Waals surface area contributed by atoms with Crippen molar-refractivity contribution in [3.63, 3.8) is 0 Å². The summed E-state index contributed by atoms with van der Waals surface area (Å²) in [5.74, 6) is 0.670. The van der Waals surface area contributed by atoms with Gasteiger partial charge in [0.15, 0.2) is 5.96 Å². The highest BCUT2D eigenvalue weighted by Crippen LogP contribution is 2.26. The lowest BCUT2D eigenvalue weighted by atomic mass is 10.1. The van der Waals surface area contributed by atoms with Crippen LogP contribution in [-0.4, -0.2) is 61.0 Å². The Labute approximate surface area is 209 Å². The highest BCUT2D eigenvalue weighted by Gasteiger charge is 2.28. The highest BCUT2D eigenvalue weighted by molar-refractivity contribution is 14.0. The molecular weight excluding hydrogens is 542 g/mol. The second kappa shape index (κ2) is 11.4. The second-order valence-corrected chi connectivity index (χ2v) is 9.05. The second-order valence-electron chi connectivity index (χ2n) is 8.05. The van der Waals surface area contributed by atoms with Crippen molar-refractivity contribution in [1.29, 1.82) is 0 Å². The maximum Gasteiger partial charge on any atom is 0.224 e. The number of halogens is 2. The summed E-state index contributed by atoms with van der Waals surface area (Å²) in [5, 5.41) is 5.44. The Morgan fingerprint density at radius 3 is 2.78 bits per heavy atom. The lowest BCUT2D eigenvalue weighted by molar-refractivity contribution is -0.131. The van der Waals surface area contributed by atoms with E-state index in [1.54, 1.807) is 30.5 Å². The normalized spacial score (nSPS) is 21.0. The first-order valence-corrected chi connectivity index (χ1v) is 11.6. The first-order valence-electron chi connectivity index (χ1n) is 10.7. The van der Waals surface area contributed by atoms with Crippen molar-refractivity contribution in [2.75, 3.05) is 33.2 Å². The van der Waals surface area contributed by atoms with Crippen molar-refractivity contribution in [2.24, 2.45) is 4.99 Å². The van der Waals surface area contributed by atoms with Crippen molar-refractivity contribution in [1.82, 2.24) is 15.1 Å². The van der Waals surface area contributed by atoms with E-state index >= 15 is 0 Å². The third kappa shape index (κ3) is 5.99. The molecule has 1 aromatic heterocycles. The van der Waals surface area contributed by atoms with E-state index in [0.717, 1.165) is 24.5 Å². The maximum atomic E-state index is 13.3. The van der Waals surface area contributed by atoms with Gasteiger partial charge < -0.3 is 19.9 Å². The Balaban J connectivity index is 0.00000289. The molecule has 1 fully saturated rings. The quantitative estimate of drug-likeness (QED) is 0.344. The van der Waals surface area contributed by atoms with Gasteiger partial charge in [0.2, 0.25) is 5.91 Å². The monoisotopic (exact) mass is 572 g/mol. The Kier molecular flexibility index (Phi) is 8.89. The van der Waals surface area contributed by atoms with Crippen molar-refractivity contribution in [3.05, 3.63) is 57.5 Å². The number of amides is 1. The van der Waals surface area contributed by atoms with Crippen LogP contribution < -0.4 is 5.32 Å². The minimum absolute atomic E-state index is 0. The molecule has 4 rings (SSSR count). The number of fused-ring (bicyclic) bond motifs is 1. The van der Waals surface area contributed by atoms with Gasteiger partial charge in [-0.15, -0.1) is 35.3 Å². The number of nitrogens with one attached hydrogen (secondary N) is 1. The summed E-state index contributed by atoms with van der Waals surface area (Å²) in [5.41, 5.74) is 2.23. The van der Waals surface area contributed by atoms with Crippen LogP contribution in [0.1, 0.15) is 35.5 Å². The molecule has 1 amide bonds. The fourth-order valence-electron chi connectivity index (χ4n) is 4.22. The van der Waals surface area contributed by atoms with Crippen LogP contribution in [0.3, 0.4) is 0 Å². The Morgan fingerprint density at radius 1 is 1.25 bits per heavy atom. The molecule has 0 saturated carbocycles. The number of guanidine groups is 1. The standard InChI is InChI=1S/C23H29FN4O2S.HI/c1-16-13-28(15-20(30-16)17-3-5-19(24)6-4-17)23(25-2)26-10-7-22(29)27-11-8-21-18(14-27)9-12-31-21;/h3-6,9,12,16,20H,7-8,10-11,13-15H2,1-2H3,(H,25,26);1H. The highest BCUT2D eigenvalue weighted by atomic mass is 127. The van der Waals surface area contributed by atoms with Gasteiger partial charge in [-0.2, -0.15) is 0 Å². The predicted octanol–water partition coefficient (Wildman–Crippen LogP) is 3.82. The van der Waals surface area contributed by atoms with E-state index in [-0.39, 0.29) is 47.9 Å². The van der Waals surface area contributed by atoms with Crippen molar-refractivity contribution < 1.29 is 13.9 Å². The molecule has 0 radical (unpaired) electrons. The van der Waals surface area contributed by atoms with Crippen LogP contribution in [0, 0.1) is 5.82 Å². The maximum absolute atomic E-state index is 13.3. The number of ether oxygens (including phenoxy) is 1. The number of carbonyl (C=O) groups excluding carboxylic acids is 1. The summed E-state index contributed by atoms with van der Waals surface area (Å²) in [6.45, 7) is 5.39. The molecule has 2 aromatic rings. The van der Waals surface area contributed by atoms with Gasteiger partial charge in [0.05, 0.1) is 12.6 Å².